The quantitative estimate of drug-likeness (QED) is 0.923. The van der Waals surface area contributed by atoms with Gasteiger partial charge in [0.2, 0.25) is 5.89 Å². The number of nitrogens with one attached hydrogen (secondary N) is 1. The molecule has 4 rings (SSSR count). The Morgan fingerprint density at radius 3 is 2.62 bits per heavy atom. The van der Waals surface area contributed by atoms with Crippen molar-refractivity contribution in [1.29, 1.82) is 0 Å². The lowest BCUT2D eigenvalue weighted by molar-refractivity contribution is 0.203. The SMILES string of the molecule is c1ccc(C2(c3noc(CN4CCNCC4)n3)CC2)cc1. The maximum absolute atomic E-state index is 5.49. The molecule has 1 aromatic carbocycles. The Morgan fingerprint density at radius 1 is 1.14 bits per heavy atom. The minimum absolute atomic E-state index is 0.00641. The molecule has 0 atom stereocenters. The van der Waals surface area contributed by atoms with Crippen LogP contribution in [0.5, 0.6) is 0 Å². The van der Waals surface area contributed by atoms with Gasteiger partial charge in [0.1, 0.15) is 0 Å². The second-order valence-electron chi connectivity index (χ2n) is 5.99. The van der Waals surface area contributed by atoms with Crippen molar-refractivity contribution in [2.75, 3.05) is 26.2 Å². The van der Waals surface area contributed by atoms with Crippen LogP contribution < -0.4 is 5.32 Å². The third-order valence-corrected chi connectivity index (χ3v) is 4.54. The predicted molar refractivity (Wildman–Crippen MR) is 78.9 cm³/mol. The minimum Gasteiger partial charge on any atom is -0.338 e. The summed E-state index contributed by atoms with van der Waals surface area (Å²) in [5, 5.41) is 7.62. The smallest absolute Gasteiger partial charge is 0.240 e. The van der Waals surface area contributed by atoms with Crippen molar-refractivity contribution in [2.45, 2.75) is 24.8 Å². The lowest BCUT2D eigenvalue weighted by Gasteiger charge is -2.25. The number of piperazine rings is 1. The van der Waals surface area contributed by atoms with E-state index in [1.54, 1.807) is 0 Å². The van der Waals surface area contributed by atoms with Crippen LogP contribution in [0.4, 0.5) is 0 Å². The van der Waals surface area contributed by atoms with Crippen molar-refractivity contribution in [3.63, 3.8) is 0 Å². The molecule has 2 heterocycles. The van der Waals surface area contributed by atoms with Gasteiger partial charge in [-0.25, -0.2) is 0 Å². The average molecular weight is 284 g/mol. The van der Waals surface area contributed by atoms with Crippen LogP contribution in [0.1, 0.15) is 30.1 Å². The summed E-state index contributed by atoms with van der Waals surface area (Å²) >= 11 is 0. The van der Waals surface area contributed by atoms with Crippen molar-refractivity contribution in [3.8, 4) is 0 Å². The van der Waals surface area contributed by atoms with Crippen LogP contribution in [-0.2, 0) is 12.0 Å². The minimum atomic E-state index is 0.00641. The monoisotopic (exact) mass is 284 g/mol. The van der Waals surface area contributed by atoms with E-state index in [0.29, 0.717) is 0 Å². The molecular weight excluding hydrogens is 264 g/mol. The molecule has 2 aliphatic rings. The maximum atomic E-state index is 5.49. The van der Waals surface area contributed by atoms with Gasteiger partial charge in [-0.3, -0.25) is 4.90 Å². The first-order chi connectivity index (χ1) is 10.4. The van der Waals surface area contributed by atoms with Crippen molar-refractivity contribution in [2.24, 2.45) is 0 Å². The van der Waals surface area contributed by atoms with Crippen LogP contribution >= 0.6 is 0 Å². The molecule has 2 fully saturated rings. The van der Waals surface area contributed by atoms with Gasteiger partial charge in [0.15, 0.2) is 5.82 Å². The van der Waals surface area contributed by atoms with Crippen molar-refractivity contribution in [1.82, 2.24) is 20.4 Å². The molecule has 21 heavy (non-hydrogen) atoms. The topological polar surface area (TPSA) is 54.2 Å². The molecule has 0 amide bonds. The highest BCUT2D eigenvalue weighted by molar-refractivity contribution is 5.38. The van der Waals surface area contributed by atoms with Gasteiger partial charge in [0.05, 0.1) is 12.0 Å². The Balaban J connectivity index is 1.52. The Hall–Kier alpha value is -1.72. The largest absolute Gasteiger partial charge is 0.338 e. The molecular formula is C16H20N4O. The number of aromatic nitrogens is 2. The number of benzene rings is 1. The second-order valence-corrected chi connectivity index (χ2v) is 5.99. The van der Waals surface area contributed by atoms with Crippen LogP contribution in [0.3, 0.4) is 0 Å². The highest BCUT2D eigenvalue weighted by Crippen LogP contribution is 2.52. The standard InChI is InChI=1S/C16H20N4O/c1-2-4-13(5-3-1)16(6-7-16)15-18-14(21-19-15)12-20-10-8-17-9-11-20/h1-5,17H,6-12H2. The van der Waals surface area contributed by atoms with E-state index in [9.17, 15) is 0 Å². The fourth-order valence-corrected chi connectivity index (χ4v) is 3.10. The molecule has 5 heteroatoms. The van der Waals surface area contributed by atoms with Gasteiger partial charge in [-0.1, -0.05) is 35.5 Å². The molecule has 1 saturated carbocycles. The lowest BCUT2D eigenvalue weighted by Crippen LogP contribution is -2.42. The molecule has 1 aliphatic heterocycles. The normalized spacial score (nSPS) is 21.3. The van der Waals surface area contributed by atoms with E-state index < -0.39 is 0 Å². The molecule has 110 valence electrons. The number of hydrogen-bond acceptors (Lipinski definition) is 5. The van der Waals surface area contributed by atoms with Crippen LogP contribution in [0.15, 0.2) is 34.9 Å². The summed E-state index contributed by atoms with van der Waals surface area (Å²) in [6.07, 6.45) is 2.23. The molecule has 5 nitrogen and oxygen atoms in total. The van der Waals surface area contributed by atoms with Gasteiger partial charge in [-0.2, -0.15) is 4.98 Å². The Kier molecular flexibility index (Phi) is 3.24. The van der Waals surface area contributed by atoms with E-state index in [4.69, 9.17) is 4.52 Å². The van der Waals surface area contributed by atoms with Crippen molar-refractivity contribution >= 4 is 0 Å². The van der Waals surface area contributed by atoms with Crippen LogP contribution in [0.2, 0.25) is 0 Å². The summed E-state index contributed by atoms with van der Waals surface area (Å²) in [5.74, 6) is 1.60. The van der Waals surface area contributed by atoms with E-state index >= 15 is 0 Å². The summed E-state index contributed by atoms with van der Waals surface area (Å²) in [7, 11) is 0. The molecule has 0 radical (unpaired) electrons. The van der Waals surface area contributed by atoms with Crippen LogP contribution in [0.25, 0.3) is 0 Å². The van der Waals surface area contributed by atoms with Gasteiger partial charge in [-0.05, 0) is 18.4 Å². The average Bonchev–Trinajstić information content (AvgIpc) is 3.23. The van der Waals surface area contributed by atoms with E-state index in [1.807, 2.05) is 6.07 Å². The maximum Gasteiger partial charge on any atom is 0.240 e. The fourth-order valence-electron chi connectivity index (χ4n) is 3.10. The summed E-state index contributed by atoms with van der Waals surface area (Å²) < 4.78 is 5.49. The van der Waals surface area contributed by atoms with E-state index in [0.717, 1.165) is 57.3 Å². The fraction of sp³-hybridized carbons (Fsp3) is 0.500. The van der Waals surface area contributed by atoms with Crippen LogP contribution in [0, 0.1) is 0 Å². The third kappa shape index (κ3) is 2.47. The van der Waals surface area contributed by atoms with Gasteiger partial charge in [0.25, 0.3) is 0 Å². The van der Waals surface area contributed by atoms with Gasteiger partial charge < -0.3 is 9.84 Å². The molecule has 0 spiro atoms. The van der Waals surface area contributed by atoms with E-state index in [2.05, 4.69) is 44.6 Å². The highest BCUT2D eigenvalue weighted by Gasteiger charge is 2.49. The number of nitrogens with zero attached hydrogens (tertiary/aromatic N) is 3. The van der Waals surface area contributed by atoms with Crippen molar-refractivity contribution < 1.29 is 4.52 Å². The molecule has 1 N–H and O–H groups in total. The molecule has 0 bridgehead atoms. The Bertz CT molecular complexity index is 600. The van der Waals surface area contributed by atoms with Gasteiger partial charge >= 0.3 is 0 Å². The first-order valence-corrected chi connectivity index (χ1v) is 7.68. The molecule has 1 saturated heterocycles. The summed E-state index contributed by atoms with van der Waals surface area (Å²) in [4.78, 5) is 7.03. The Labute approximate surface area is 124 Å². The highest BCUT2D eigenvalue weighted by atomic mass is 16.5. The molecule has 2 aromatic rings. The zero-order valence-corrected chi connectivity index (χ0v) is 12.1. The predicted octanol–water partition coefficient (Wildman–Crippen LogP) is 1.55. The van der Waals surface area contributed by atoms with E-state index in [-0.39, 0.29) is 5.41 Å². The van der Waals surface area contributed by atoms with Gasteiger partial charge in [0, 0.05) is 26.2 Å². The summed E-state index contributed by atoms with van der Waals surface area (Å²) in [6.45, 7) is 4.92. The number of hydrogen-bond donors (Lipinski definition) is 1. The molecule has 1 aliphatic carbocycles. The third-order valence-electron chi connectivity index (χ3n) is 4.54. The Morgan fingerprint density at radius 2 is 1.90 bits per heavy atom. The van der Waals surface area contributed by atoms with Crippen LogP contribution in [-0.4, -0.2) is 41.2 Å². The van der Waals surface area contributed by atoms with E-state index in [1.165, 1.54) is 5.56 Å². The first kappa shape index (κ1) is 13.0. The second kappa shape index (κ2) is 5.24. The molecule has 1 aromatic heterocycles. The summed E-state index contributed by atoms with van der Waals surface area (Å²) in [5.41, 5.74) is 1.31. The number of rotatable bonds is 4. The molecule has 0 unspecified atom stereocenters. The lowest BCUT2D eigenvalue weighted by atomic mass is 9.95. The van der Waals surface area contributed by atoms with Crippen molar-refractivity contribution in [3.05, 3.63) is 47.6 Å². The van der Waals surface area contributed by atoms with Gasteiger partial charge in [-0.15, -0.1) is 0 Å². The summed E-state index contributed by atoms with van der Waals surface area (Å²) in [6, 6.07) is 10.5. The zero-order valence-electron chi connectivity index (χ0n) is 12.1. The zero-order chi connectivity index (χ0) is 14.1. The first-order valence-electron chi connectivity index (χ1n) is 7.68.